The van der Waals surface area contributed by atoms with Crippen molar-refractivity contribution < 1.29 is 18.0 Å². The fourth-order valence-corrected chi connectivity index (χ4v) is 4.61. The predicted molar refractivity (Wildman–Crippen MR) is 115 cm³/mol. The van der Waals surface area contributed by atoms with Gasteiger partial charge in [-0.15, -0.1) is 0 Å². The number of nitrogens with zero attached hydrogens (tertiary/aromatic N) is 6. The molecular weight excluding hydrogens is 433 g/mol. The van der Waals surface area contributed by atoms with Crippen LogP contribution in [0.5, 0.6) is 0 Å². The molecule has 0 aliphatic carbocycles. The number of carbonyl (C=O) groups excluding carboxylic acids is 1. The molecule has 1 aromatic carbocycles. The van der Waals surface area contributed by atoms with Gasteiger partial charge in [-0.1, -0.05) is 18.2 Å². The average Bonchev–Trinajstić information content (AvgIpc) is 2.84. The van der Waals surface area contributed by atoms with Crippen molar-refractivity contribution in [2.45, 2.75) is 24.4 Å². The highest BCUT2D eigenvalue weighted by Gasteiger charge is 2.44. The zero-order valence-electron chi connectivity index (χ0n) is 18.1. The molecule has 1 amide bonds. The van der Waals surface area contributed by atoms with E-state index in [0.29, 0.717) is 13.1 Å². The second-order valence-electron chi connectivity index (χ2n) is 8.44. The van der Waals surface area contributed by atoms with E-state index < -0.39 is 17.2 Å². The van der Waals surface area contributed by atoms with Gasteiger partial charge in [0.15, 0.2) is 0 Å². The number of piperidine rings is 1. The summed E-state index contributed by atoms with van der Waals surface area (Å²) >= 11 is 0. The Hall–Kier alpha value is -3.19. The first kappa shape index (κ1) is 23.0. The second kappa shape index (κ2) is 9.35. The van der Waals surface area contributed by atoms with Gasteiger partial charge in [-0.05, 0) is 24.5 Å². The molecule has 0 unspecified atom stereocenters. The monoisotopic (exact) mass is 458 g/mol. The van der Waals surface area contributed by atoms with Gasteiger partial charge in [0.25, 0.3) is 0 Å². The number of halogens is 3. The molecule has 7 nitrogen and oxygen atoms in total. The van der Waals surface area contributed by atoms with Gasteiger partial charge >= 0.3 is 6.18 Å². The number of benzene rings is 1. The van der Waals surface area contributed by atoms with Crippen LogP contribution in [-0.4, -0.2) is 71.5 Å². The highest BCUT2D eigenvalue weighted by atomic mass is 19.4. The van der Waals surface area contributed by atoms with Crippen LogP contribution in [0.2, 0.25) is 0 Å². The maximum Gasteiger partial charge on any atom is 0.416 e. The third-order valence-corrected chi connectivity index (χ3v) is 6.54. The topological polar surface area (TPSA) is 76.4 Å². The summed E-state index contributed by atoms with van der Waals surface area (Å²) in [5.41, 5.74) is -2.01. The minimum absolute atomic E-state index is 0.00670. The Bertz CT molecular complexity index is 1010. The first-order valence-corrected chi connectivity index (χ1v) is 10.9. The molecule has 0 saturated carbocycles. The van der Waals surface area contributed by atoms with E-state index in [1.807, 2.05) is 0 Å². The van der Waals surface area contributed by atoms with Gasteiger partial charge in [-0.2, -0.15) is 18.4 Å². The van der Waals surface area contributed by atoms with E-state index in [2.05, 4.69) is 25.8 Å². The Balaban J connectivity index is 1.34. The lowest BCUT2D eigenvalue weighted by atomic mass is 9.72. The maximum atomic E-state index is 13.5. The average molecular weight is 458 g/mol. The van der Waals surface area contributed by atoms with Crippen LogP contribution in [0.4, 0.5) is 19.0 Å². The van der Waals surface area contributed by atoms with Crippen molar-refractivity contribution in [1.82, 2.24) is 19.8 Å². The summed E-state index contributed by atoms with van der Waals surface area (Å²) in [4.78, 5) is 27.1. The van der Waals surface area contributed by atoms with E-state index >= 15 is 0 Å². The molecule has 33 heavy (non-hydrogen) atoms. The lowest BCUT2D eigenvalue weighted by Gasteiger charge is -2.40. The van der Waals surface area contributed by atoms with Crippen LogP contribution in [0.15, 0.2) is 42.9 Å². The SMILES string of the molecule is N#CC1(c2ccccc2C(F)(F)F)CCN(C(=O)CN2CCN(c3cnccn3)CC2)CC1. The molecule has 10 heteroatoms. The Morgan fingerprint density at radius 3 is 2.36 bits per heavy atom. The third kappa shape index (κ3) is 4.93. The Kier molecular flexibility index (Phi) is 6.51. The molecule has 2 aromatic rings. The minimum atomic E-state index is -4.53. The van der Waals surface area contributed by atoms with Gasteiger partial charge in [-0.3, -0.25) is 14.7 Å². The highest BCUT2D eigenvalue weighted by molar-refractivity contribution is 5.78. The number of hydrogen-bond donors (Lipinski definition) is 0. The van der Waals surface area contributed by atoms with Gasteiger partial charge < -0.3 is 9.80 Å². The molecule has 3 heterocycles. The number of alkyl halides is 3. The molecule has 0 atom stereocenters. The van der Waals surface area contributed by atoms with E-state index in [9.17, 15) is 23.2 Å². The number of anilines is 1. The van der Waals surface area contributed by atoms with Crippen LogP contribution in [0, 0.1) is 11.3 Å². The van der Waals surface area contributed by atoms with Gasteiger partial charge in [0.2, 0.25) is 5.91 Å². The van der Waals surface area contributed by atoms with E-state index in [1.165, 1.54) is 18.2 Å². The van der Waals surface area contributed by atoms with Crippen molar-refractivity contribution in [1.29, 1.82) is 5.26 Å². The summed E-state index contributed by atoms with van der Waals surface area (Å²) < 4.78 is 40.6. The summed E-state index contributed by atoms with van der Waals surface area (Å²) in [6.45, 7) is 3.66. The van der Waals surface area contributed by atoms with Crippen LogP contribution in [0.25, 0.3) is 0 Å². The van der Waals surface area contributed by atoms with E-state index in [0.717, 1.165) is 25.0 Å². The van der Waals surface area contributed by atoms with Crippen molar-refractivity contribution in [3.05, 3.63) is 54.0 Å². The van der Waals surface area contributed by atoms with E-state index in [-0.39, 0.29) is 43.9 Å². The third-order valence-electron chi connectivity index (χ3n) is 6.54. The summed E-state index contributed by atoms with van der Waals surface area (Å²) in [6.07, 6.45) is 0.828. The molecule has 1 aromatic heterocycles. The number of aromatic nitrogens is 2. The number of nitriles is 1. The Labute approximate surface area is 190 Å². The number of rotatable bonds is 4. The Morgan fingerprint density at radius 1 is 1.06 bits per heavy atom. The molecule has 2 aliphatic heterocycles. The largest absolute Gasteiger partial charge is 0.416 e. The fourth-order valence-electron chi connectivity index (χ4n) is 4.61. The number of hydrogen-bond acceptors (Lipinski definition) is 6. The van der Waals surface area contributed by atoms with Gasteiger partial charge in [0.05, 0.1) is 29.8 Å². The van der Waals surface area contributed by atoms with Crippen LogP contribution >= 0.6 is 0 Å². The molecule has 0 bridgehead atoms. The maximum absolute atomic E-state index is 13.5. The lowest BCUT2D eigenvalue weighted by Crippen LogP contribution is -2.52. The first-order chi connectivity index (χ1) is 15.8. The lowest BCUT2D eigenvalue weighted by molar-refractivity contribution is -0.139. The molecule has 0 spiro atoms. The summed E-state index contributed by atoms with van der Waals surface area (Å²) in [6, 6.07) is 7.42. The van der Waals surface area contributed by atoms with Crippen molar-refractivity contribution in [2.75, 3.05) is 50.7 Å². The van der Waals surface area contributed by atoms with Crippen LogP contribution in [-0.2, 0) is 16.4 Å². The van der Waals surface area contributed by atoms with Crippen molar-refractivity contribution in [2.24, 2.45) is 0 Å². The quantitative estimate of drug-likeness (QED) is 0.701. The summed E-state index contributed by atoms with van der Waals surface area (Å²) in [5, 5.41) is 9.85. The van der Waals surface area contributed by atoms with Crippen LogP contribution < -0.4 is 4.90 Å². The fraction of sp³-hybridized carbons (Fsp3) is 0.478. The van der Waals surface area contributed by atoms with E-state index in [4.69, 9.17) is 0 Å². The Morgan fingerprint density at radius 2 is 1.76 bits per heavy atom. The van der Waals surface area contributed by atoms with Crippen molar-refractivity contribution in [3.8, 4) is 6.07 Å². The highest BCUT2D eigenvalue weighted by Crippen LogP contribution is 2.42. The molecule has 2 aliphatic rings. The van der Waals surface area contributed by atoms with Crippen molar-refractivity contribution in [3.63, 3.8) is 0 Å². The van der Waals surface area contributed by atoms with Crippen molar-refractivity contribution >= 4 is 11.7 Å². The molecule has 0 radical (unpaired) electrons. The zero-order valence-corrected chi connectivity index (χ0v) is 18.1. The molecule has 4 rings (SSSR count). The van der Waals surface area contributed by atoms with E-state index in [1.54, 1.807) is 23.5 Å². The number of carbonyl (C=O) groups is 1. The molecule has 0 N–H and O–H groups in total. The molecule has 174 valence electrons. The summed E-state index contributed by atoms with van der Waals surface area (Å²) in [7, 11) is 0. The smallest absolute Gasteiger partial charge is 0.353 e. The van der Waals surface area contributed by atoms with Crippen LogP contribution in [0.1, 0.15) is 24.0 Å². The number of amides is 1. The van der Waals surface area contributed by atoms with Crippen LogP contribution in [0.3, 0.4) is 0 Å². The first-order valence-electron chi connectivity index (χ1n) is 10.9. The number of likely N-dealkylation sites (tertiary alicyclic amines) is 1. The van der Waals surface area contributed by atoms with Gasteiger partial charge in [0.1, 0.15) is 5.82 Å². The zero-order chi connectivity index (χ0) is 23.5. The molecule has 2 saturated heterocycles. The van der Waals surface area contributed by atoms with Gasteiger partial charge in [-0.25, -0.2) is 4.98 Å². The van der Waals surface area contributed by atoms with Gasteiger partial charge in [0, 0.05) is 51.7 Å². The second-order valence-corrected chi connectivity index (χ2v) is 8.44. The minimum Gasteiger partial charge on any atom is -0.353 e. The summed E-state index contributed by atoms with van der Waals surface area (Å²) in [5.74, 6) is 0.755. The normalized spacial score (nSPS) is 19.2. The number of piperazine rings is 1. The standard InChI is InChI=1S/C23H25F3N6O/c24-23(25,26)19-4-2-1-3-18(19)22(17-27)5-9-32(10-6-22)21(33)16-30-11-13-31(14-12-30)20-15-28-7-8-29-20/h1-4,7-8,15H,5-6,9-14,16H2. The molecular formula is C23H25F3N6O. The predicted octanol–water partition coefficient (Wildman–Crippen LogP) is 2.70. The molecule has 2 fully saturated rings.